The third-order valence-corrected chi connectivity index (χ3v) is 3.13. The standard InChI is InChI=1S/C12H15N3O2/c1-12(14-11(17)13-2)8-6-4-5-7-9(8)15(3)10(12)16/h4-7H,1-3H3,(H2,13,14,17). The van der Waals surface area contributed by atoms with Crippen LogP contribution in [-0.4, -0.2) is 26.0 Å². The Morgan fingerprint density at radius 2 is 2.00 bits per heavy atom. The maximum absolute atomic E-state index is 12.2. The Kier molecular flexibility index (Phi) is 2.53. The van der Waals surface area contributed by atoms with E-state index in [1.165, 1.54) is 7.05 Å². The van der Waals surface area contributed by atoms with Gasteiger partial charge in [-0.3, -0.25) is 4.79 Å². The number of nitrogens with zero attached hydrogens (tertiary/aromatic N) is 1. The average Bonchev–Trinajstić information content (AvgIpc) is 2.53. The molecule has 0 fully saturated rings. The molecule has 90 valence electrons. The predicted octanol–water partition coefficient (Wildman–Crippen LogP) is 0.807. The summed E-state index contributed by atoms with van der Waals surface area (Å²) in [6.07, 6.45) is 0. The summed E-state index contributed by atoms with van der Waals surface area (Å²) < 4.78 is 0. The second-order valence-electron chi connectivity index (χ2n) is 4.21. The normalized spacial score (nSPS) is 22.3. The smallest absolute Gasteiger partial charge is 0.315 e. The predicted molar refractivity (Wildman–Crippen MR) is 64.8 cm³/mol. The first kappa shape index (κ1) is 11.4. The van der Waals surface area contributed by atoms with E-state index in [4.69, 9.17) is 0 Å². The highest BCUT2D eigenvalue weighted by molar-refractivity contribution is 6.08. The zero-order valence-corrected chi connectivity index (χ0v) is 10.1. The first-order valence-corrected chi connectivity index (χ1v) is 5.38. The number of anilines is 1. The molecule has 1 aliphatic heterocycles. The highest BCUT2D eigenvalue weighted by Gasteiger charge is 2.46. The zero-order valence-electron chi connectivity index (χ0n) is 10.1. The van der Waals surface area contributed by atoms with E-state index >= 15 is 0 Å². The molecule has 1 atom stereocenters. The van der Waals surface area contributed by atoms with E-state index < -0.39 is 5.54 Å². The minimum Gasteiger partial charge on any atom is -0.341 e. The van der Waals surface area contributed by atoms with Crippen molar-refractivity contribution < 1.29 is 9.59 Å². The van der Waals surface area contributed by atoms with Crippen molar-refractivity contribution in [3.8, 4) is 0 Å². The molecule has 0 aromatic heterocycles. The number of fused-ring (bicyclic) bond motifs is 1. The number of amides is 3. The summed E-state index contributed by atoms with van der Waals surface area (Å²) in [5, 5.41) is 5.16. The molecule has 5 heteroatoms. The molecule has 3 amide bonds. The minimum atomic E-state index is -0.995. The molecule has 1 unspecified atom stereocenters. The Balaban J connectivity index is 2.48. The molecule has 0 radical (unpaired) electrons. The molecule has 0 spiro atoms. The molecular weight excluding hydrogens is 218 g/mol. The first-order valence-electron chi connectivity index (χ1n) is 5.38. The van der Waals surface area contributed by atoms with Crippen LogP contribution in [0.1, 0.15) is 12.5 Å². The molecule has 1 aromatic carbocycles. The Labute approximate surface area is 99.8 Å². The third-order valence-electron chi connectivity index (χ3n) is 3.13. The van der Waals surface area contributed by atoms with Gasteiger partial charge in [0, 0.05) is 25.3 Å². The van der Waals surface area contributed by atoms with Crippen molar-refractivity contribution in [3.63, 3.8) is 0 Å². The van der Waals surface area contributed by atoms with Crippen LogP contribution in [-0.2, 0) is 10.3 Å². The fraction of sp³-hybridized carbons (Fsp3) is 0.333. The van der Waals surface area contributed by atoms with Crippen molar-refractivity contribution in [3.05, 3.63) is 29.8 Å². The van der Waals surface area contributed by atoms with Crippen molar-refractivity contribution in [1.29, 1.82) is 0 Å². The lowest BCUT2D eigenvalue weighted by Gasteiger charge is -2.24. The molecule has 1 aliphatic rings. The Morgan fingerprint density at radius 1 is 1.35 bits per heavy atom. The second-order valence-corrected chi connectivity index (χ2v) is 4.21. The Bertz CT molecular complexity index is 486. The zero-order chi connectivity index (χ0) is 12.6. The molecule has 1 heterocycles. The van der Waals surface area contributed by atoms with Crippen LogP contribution in [0.25, 0.3) is 0 Å². The van der Waals surface area contributed by atoms with Gasteiger partial charge in [-0.2, -0.15) is 0 Å². The van der Waals surface area contributed by atoms with Gasteiger partial charge in [0.2, 0.25) is 0 Å². The highest BCUT2D eigenvalue weighted by Crippen LogP contribution is 2.38. The number of urea groups is 1. The van der Waals surface area contributed by atoms with Crippen LogP contribution in [0.15, 0.2) is 24.3 Å². The fourth-order valence-corrected chi connectivity index (χ4v) is 2.16. The summed E-state index contributed by atoms with van der Waals surface area (Å²) in [6, 6.07) is 7.07. The molecule has 0 aliphatic carbocycles. The lowest BCUT2D eigenvalue weighted by Crippen LogP contribution is -2.52. The minimum absolute atomic E-state index is 0.137. The van der Waals surface area contributed by atoms with E-state index in [-0.39, 0.29) is 11.9 Å². The van der Waals surface area contributed by atoms with Crippen LogP contribution in [0, 0.1) is 0 Å². The highest BCUT2D eigenvalue weighted by atomic mass is 16.2. The summed E-state index contributed by atoms with van der Waals surface area (Å²) in [7, 11) is 3.23. The van der Waals surface area contributed by atoms with Crippen LogP contribution in [0.2, 0.25) is 0 Å². The van der Waals surface area contributed by atoms with E-state index in [2.05, 4.69) is 10.6 Å². The Hall–Kier alpha value is -2.04. The number of hydrogen-bond donors (Lipinski definition) is 2. The van der Waals surface area contributed by atoms with Crippen LogP contribution < -0.4 is 15.5 Å². The summed E-state index contributed by atoms with van der Waals surface area (Å²) in [5.41, 5.74) is 0.651. The van der Waals surface area contributed by atoms with Crippen LogP contribution in [0.3, 0.4) is 0 Å². The lowest BCUT2D eigenvalue weighted by atomic mass is 9.94. The van der Waals surface area contributed by atoms with E-state index in [0.29, 0.717) is 0 Å². The Morgan fingerprint density at radius 3 is 2.65 bits per heavy atom. The lowest BCUT2D eigenvalue weighted by molar-refractivity contribution is -0.123. The fourth-order valence-electron chi connectivity index (χ4n) is 2.16. The SMILES string of the molecule is CNC(=O)NC1(C)C(=O)N(C)c2ccccc21. The molecule has 17 heavy (non-hydrogen) atoms. The largest absolute Gasteiger partial charge is 0.341 e. The molecule has 2 rings (SSSR count). The van der Waals surface area contributed by atoms with Crippen LogP contribution >= 0.6 is 0 Å². The number of rotatable bonds is 1. The van der Waals surface area contributed by atoms with Crippen molar-refractivity contribution >= 4 is 17.6 Å². The summed E-state index contributed by atoms with van der Waals surface area (Å²) in [5.74, 6) is -0.137. The van der Waals surface area contributed by atoms with Crippen molar-refractivity contribution in [2.75, 3.05) is 19.0 Å². The van der Waals surface area contributed by atoms with Gasteiger partial charge in [0.1, 0.15) is 5.54 Å². The monoisotopic (exact) mass is 233 g/mol. The topological polar surface area (TPSA) is 61.4 Å². The van der Waals surface area contributed by atoms with Crippen molar-refractivity contribution in [2.45, 2.75) is 12.5 Å². The molecule has 1 aromatic rings. The number of carbonyl (C=O) groups is 2. The van der Waals surface area contributed by atoms with Crippen LogP contribution in [0.4, 0.5) is 10.5 Å². The second kappa shape index (κ2) is 3.76. The number of nitrogens with one attached hydrogen (secondary N) is 2. The van der Waals surface area contributed by atoms with Gasteiger partial charge in [0.05, 0.1) is 0 Å². The summed E-state index contributed by atoms with van der Waals surface area (Å²) in [4.78, 5) is 25.2. The molecule has 0 bridgehead atoms. The van der Waals surface area contributed by atoms with Gasteiger partial charge in [-0.25, -0.2) is 4.79 Å². The van der Waals surface area contributed by atoms with E-state index in [0.717, 1.165) is 11.3 Å². The number of hydrogen-bond acceptors (Lipinski definition) is 2. The summed E-state index contributed by atoms with van der Waals surface area (Å²) in [6.45, 7) is 1.72. The number of para-hydroxylation sites is 1. The van der Waals surface area contributed by atoms with Gasteiger partial charge < -0.3 is 15.5 Å². The quantitative estimate of drug-likeness (QED) is 0.754. The van der Waals surface area contributed by atoms with Gasteiger partial charge in [-0.1, -0.05) is 18.2 Å². The number of benzene rings is 1. The van der Waals surface area contributed by atoms with Gasteiger partial charge in [-0.05, 0) is 13.0 Å². The maximum atomic E-state index is 12.2. The molecule has 2 N–H and O–H groups in total. The van der Waals surface area contributed by atoms with Crippen molar-refractivity contribution in [2.24, 2.45) is 0 Å². The van der Waals surface area contributed by atoms with E-state index in [9.17, 15) is 9.59 Å². The molecule has 0 saturated carbocycles. The van der Waals surface area contributed by atoms with Crippen molar-refractivity contribution in [1.82, 2.24) is 10.6 Å². The maximum Gasteiger partial charge on any atom is 0.315 e. The van der Waals surface area contributed by atoms with Gasteiger partial charge in [0.25, 0.3) is 5.91 Å². The molecular formula is C12H15N3O2. The number of carbonyl (C=O) groups excluding carboxylic acids is 2. The summed E-state index contributed by atoms with van der Waals surface area (Å²) >= 11 is 0. The average molecular weight is 233 g/mol. The third kappa shape index (κ3) is 1.54. The first-order chi connectivity index (χ1) is 8.00. The van der Waals surface area contributed by atoms with E-state index in [1.54, 1.807) is 18.9 Å². The number of likely N-dealkylation sites (N-methyl/N-ethyl adjacent to an activating group) is 1. The molecule has 5 nitrogen and oxygen atoms in total. The van der Waals surface area contributed by atoms with Crippen LogP contribution in [0.5, 0.6) is 0 Å². The van der Waals surface area contributed by atoms with Gasteiger partial charge >= 0.3 is 6.03 Å². The molecule has 0 saturated heterocycles. The van der Waals surface area contributed by atoms with Gasteiger partial charge in [0.15, 0.2) is 0 Å². The van der Waals surface area contributed by atoms with Gasteiger partial charge in [-0.15, -0.1) is 0 Å². The van der Waals surface area contributed by atoms with E-state index in [1.807, 2.05) is 24.3 Å².